The smallest absolute Gasteiger partial charge is 0.248 e. The third kappa shape index (κ3) is 3.52. The number of aryl methyl sites for hydroxylation is 1. The molecule has 3 rings (SSSR count). The second kappa shape index (κ2) is 6.52. The largest absolute Gasteiger partial charge is 0.315 e. The molecule has 1 amide bonds. The summed E-state index contributed by atoms with van der Waals surface area (Å²) in [6.45, 7) is 5.96. The van der Waals surface area contributed by atoms with Gasteiger partial charge in [0.2, 0.25) is 5.91 Å². The summed E-state index contributed by atoms with van der Waals surface area (Å²) < 4.78 is 24.1. The molecule has 0 radical (unpaired) electrons. The Morgan fingerprint density at radius 3 is 2.71 bits per heavy atom. The molecule has 0 N–H and O–H groups in total. The van der Waals surface area contributed by atoms with Gasteiger partial charge in [-0.2, -0.15) is 4.99 Å². The van der Waals surface area contributed by atoms with Crippen molar-refractivity contribution < 1.29 is 13.2 Å². The fourth-order valence-corrected chi connectivity index (χ4v) is 7.11. The minimum Gasteiger partial charge on any atom is -0.315 e. The molecule has 2 atom stereocenters. The summed E-state index contributed by atoms with van der Waals surface area (Å²) in [6.07, 6.45) is 0.402. The van der Waals surface area contributed by atoms with Crippen molar-refractivity contribution >= 4 is 38.4 Å². The number of carbonyl (C=O) groups excluding carboxylic acids is 1. The molecule has 5 nitrogen and oxygen atoms in total. The van der Waals surface area contributed by atoms with E-state index < -0.39 is 9.84 Å². The molecule has 24 heavy (non-hydrogen) atoms. The molecule has 130 valence electrons. The third-order valence-corrected chi connectivity index (χ3v) is 7.45. The van der Waals surface area contributed by atoms with Crippen molar-refractivity contribution in [3.63, 3.8) is 0 Å². The molecule has 2 saturated heterocycles. The van der Waals surface area contributed by atoms with Crippen LogP contribution < -0.4 is 4.90 Å². The molecule has 1 aromatic rings. The van der Waals surface area contributed by atoms with Crippen LogP contribution in [0.4, 0.5) is 5.69 Å². The van der Waals surface area contributed by atoms with Crippen LogP contribution in [0, 0.1) is 12.8 Å². The zero-order valence-corrected chi connectivity index (χ0v) is 15.7. The predicted octanol–water partition coefficient (Wildman–Crippen LogP) is 2.64. The number of rotatable bonds is 3. The molecular formula is C17H22N2O3S2. The zero-order valence-electron chi connectivity index (χ0n) is 14.1. The molecule has 2 aliphatic heterocycles. The van der Waals surface area contributed by atoms with E-state index in [0.717, 1.165) is 11.3 Å². The van der Waals surface area contributed by atoms with Crippen molar-refractivity contribution in [2.45, 2.75) is 38.5 Å². The van der Waals surface area contributed by atoms with Crippen molar-refractivity contribution in [3.8, 4) is 0 Å². The first-order valence-electron chi connectivity index (χ1n) is 8.10. The molecule has 0 aliphatic carbocycles. The number of amidine groups is 1. The van der Waals surface area contributed by atoms with Gasteiger partial charge in [-0.15, -0.1) is 0 Å². The molecule has 0 saturated carbocycles. The van der Waals surface area contributed by atoms with Gasteiger partial charge < -0.3 is 4.90 Å². The first-order chi connectivity index (χ1) is 11.3. The number of hydrogen-bond acceptors (Lipinski definition) is 4. The van der Waals surface area contributed by atoms with Crippen molar-refractivity contribution in [1.82, 2.24) is 0 Å². The Hall–Kier alpha value is -1.34. The maximum atomic E-state index is 12.2. The summed E-state index contributed by atoms with van der Waals surface area (Å²) in [5.74, 6) is 0.382. The first-order valence-corrected chi connectivity index (χ1v) is 10.8. The number of amides is 1. The average Bonchev–Trinajstić information content (AvgIpc) is 2.90. The van der Waals surface area contributed by atoms with Crippen LogP contribution >= 0.6 is 11.8 Å². The molecular weight excluding hydrogens is 344 g/mol. The topological polar surface area (TPSA) is 66.8 Å². The lowest BCUT2D eigenvalue weighted by Gasteiger charge is -2.26. The normalized spacial score (nSPS) is 27.0. The van der Waals surface area contributed by atoms with Gasteiger partial charge in [0.25, 0.3) is 0 Å². The van der Waals surface area contributed by atoms with Crippen LogP contribution in [0.15, 0.2) is 29.3 Å². The van der Waals surface area contributed by atoms with Crippen LogP contribution in [-0.4, -0.2) is 42.3 Å². The average molecular weight is 367 g/mol. The van der Waals surface area contributed by atoms with Crippen molar-refractivity contribution in [3.05, 3.63) is 29.8 Å². The Morgan fingerprint density at radius 2 is 2.04 bits per heavy atom. The van der Waals surface area contributed by atoms with Gasteiger partial charge >= 0.3 is 0 Å². The number of thioether (sulfide) groups is 1. The SMILES string of the molecule is Cc1ccccc1N1C(=NC(=O)CC(C)C)S[C@H]2CS(=O)(=O)C[C@@H]21. The highest BCUT2D eigenvalue weighted by Crippen LogP contribution is 2.41. The third-order valence-electron chi connectivity index (χ3n) is 4.24. The van der Waals surface area contributed by atoms with Gasteiger partial charge in [0.05, 0.1) is 17.5 Å². The maximum Gasteiger partial charge on any atom is 0.248 e. The Balaban J connectivity index is 1.99. The number of sulfone groups is 1. The number of fused-ring (bicyclic) bond motifs is 1. The Labute approximate surface area is 147 Å². The lowest BCUT2D eigenvalue weighted by atomic mass is 10.1. The summed E-state index contributed by atoms with van der Waals surface area (Å²) in [5.41, 5.74) is 1.98. The van der Waals surface area contributed by atoms with Gasteiger partial charge in [0.15, 0.2) is 15.0 Å². The monoisotopic (exact) mass is 366 g/mol. The second-order valence-corrected chi connectivity index (χ2v) is 10.2. The fraction of sp³-hybridized carbons (Fsp3) is 0.529. The number of anilines is 1. The molecule has 2 aliphatic rings. The molecule has 0 unspecified atom stereocenters. The van der Waals surface area contributed by atoms with E-state index in [-0.39, 0.29) is 34.6 Å². The van der Waals surface area contributed by atoms with E-state index in [9.17, 15) is 13.2 Å². The molecule has 0 aromatic heterocycles. The number of hydrogen-bond donors (Lipinski definition) is 0. The fourth-order valence-electron chi connectivity index (χ4n) is 3.18. The highest BCUT2D eigenvalue weighted by Gasteiger charge is 2.49. The Kier molecular flexibility index (Phi) is 4.75. The molecule has 0 spiro atoms. The highest BCUT2D eigenvalue weighted by molar-refractivity contribution is 8.16. The van der Waals surface area contributed by atoms with E-state index in [0.29, 0.717) is 11.6 Å². The van der Waals surface area contributed by atoms with Crippen LogP contribution in [0.2, 0.25) is 0 Å². The van der Waals surface area contributed by atoms with Gasteiger partial charge in [-0.1, -0.05) is 43.8 Å². The Bertz CT molecular complexity index is 787. The van der Waals surface area contributed by atoms with E-state index in [1.54, 1.807) is 0 Å². The van der Waals surface area contributed by atoms with Crippen LogP contribution in [0.3, 0.4) is 0 Å². The van der Waals surface area contributed by atoms with Gasteiger partial charge in [-0.3, -0.25) is 4.79 Å². The summed E-state index contributed by atoms with van der Waals surface area (Å²) in [4.78, 5) is 18.5. The van der Waals surface area contributed by atoms with Crippen molar-refractivity contribution in [1.29, 1.82) is 0 Å². The molecule has 7 heteroatoms. The van der Waals surface area contributed by atoms with Crippen LogP contribution in [0.5, 0.6) is 0 Å². The zero-order chi connectivity index (χ0) is 17.5. The maximum absolute atomic E-state index is 12.2. The first kappa shape index (κ1) is 17.5. The Morgan fingerprint density at radius 1 is 1.33 bits per heavy atom. The number of carbonyl (C=O) groups is 1. The van der Waals surface area contributed by atoms with E-state index in [2.05, 4.69) is 4.99 Å². The standard InChI is InChI=1S/C17H22N2O3S2/c1-11(2)8-16(20)18-17-19(13-7-5-4-6-12(13)3)14-9-24(21,22)10-15(14)23-17/h4-7,11,14-15H,8-10H2,1-3H3/t14-,15-/m0/s1. The molecule has 1 aromatic carbocycles. The van der Waals surface area contributed by atoms with Gasteiger partial charge in [-0.05, 0) is 24.5 Å². The summed E-state index contributed by atoms with van der Waals surface area (Å²) >= 11 is 1.43. The van der Waals surface area contributed by atoms with Gasteiger partial charge in [0.1, 0.15) is 0 Å². The summed E-state index contributed by atoms with van der Waals surface area (Å²) in [5, 5.41) is 0.583. The summed E-state index contributed by atoms with van der Waals surface area (Å²) in [6, 6.07) is 7.69. The molecule has 2 fully saturated rings. The number of benzene rings is 1. The van der Waals surface area contributed by atoms with Crippen molar-refractivity contribution in [2.24, 2.45) is 10.9 Å². The van der Waals surface area contributed by atoms with Gasteiger partial charge in [-0.25, -0.2) is 8.42 Å². The van der Waals surface area contributed by atoms with E-state index in [4.69, 9.17) is 0 Å². The molecule has 2 heterocycles. The summed E-state index contributed by atoms with van der Waals surface area (Å²) in [7, 11) is -3.03. The minimum atomic E-state index is -3.03. The van der Waals surface area contributed by atoms with Crippen LogP contribution in [0.25, 0.3) is 0 Å². The quantitative estimate of drug-likeness (QED) is 0.823. The van der Waals surface area contributed by atoms with E-state index in [1.807, 2.05) is 49.9 Å². The van der Waals surface area contributed by atoms with Gasteiger partial charge in [0, 0.05) is 17.4 Å². The van der Waals surface area contributed by atoms with E-state index in [1.165, 1.54) is 11.8 Å². The predicted molar refractivity (Wildman–Crippen MR) is 99.4 cm³/mol. The number of aliphatic imine (C=N–C) groups is 1. The van der Waals surface area contributed by atoms with E-state index >= 15 is 0 Å². The lowest BCUT2D eigenvalue weighted by molar-refractivity contribution is -0.118. The number of para-hydroxylation sites is 1. The van der Waals surface area contributed by atoms with Crippen molar-refractivity contribution in [2.75, 3.05) is 16.4 Å². The van der Waals surface area contributed by atoms with Crippen LogP contribution in [0.1, 0.15) is 25.8 Å². The second-order valence-electron chi connectivity index (χ2n) is 6.84. The lowest BCUT2D eigenvalue weighted by Crippen LogP contribution is -2.38. The number of nitrogens with zero attached hydrogens (tertiary/aromatic N) is 2. The van der Waals surface area contributed by atoms with Crippen LogP contribution in [-0.2, 0) is 14.6 Å². The molecule has 0 bridgehead atoms. The minimum absolute atomic E-state index is 0.0554. The highest BCUT2D eigenvalue weighted by atomic mass is 32.2.